The molecule has 4 aliphatic heterocycles. The SMILES string of the molecule is COC[C@H]1O[C@H](O[C@@H]2C3=C(C(C)C)CC[C@]3(C)/C=C3\[C@@H](CC[C@]3(O)COC)[C@@H](C)[C@H]2O)[C@H](O)[C@H]2O[C@H]3O[C@]21O[C@@]3(C)[C@@H]1CO1. The van der Waals surface area contributed by atoms with Crippen molar-refractivity contribution in [2.45, 2.75) is 126 Å². The second-order valence-corrected chi connectivity index (χ2v) is 14.9. The van der Waals surface area contributed by atoms with E-state index in [1.807, 2.05) is 13.8 Å². The molecule has 0 radical (unpaired) electrons. The second-order valence-electron chi connectivity index (χ2n) is 14.9. The van der Waals surface area contributed by atoms with Crippen LogP contribution < -0.4 is 0 Å². The van der Waals surface area contributed by atoms with Crippen molar-refractivity contribution in [3.05, 3.63) is 22.8 Å². The van der Waals surface area contributed by atoms with Gasteiger partial charge in [-0.2, -0.15) is 0 Å². The van der Waals surface area contributed by atoms with E-state index in [0.29, 0.717) is 13.0 Å². The van der Waals surface area contributed by atoms with Gasteiger partial charge < -0.3 is 53.2 Å². The lowest BCUT2D eigenvalue weighted by atomic mass is 9.68. The van der Waals surface area contributed by atoms with E-state index >= 15 is 0 Å². The van der Waals surface area contributed by atoms with Crippen LogP contribution in [-0.4, -0.2) is 116 Å². The zero-order valence-electron chi connectivity index (χ0n) is 27.0. The van der Waals surface area contributed by atoms with E-state index in [-0.39, 0.29) is 37.1 Å². The molecule has 7 rings (SSSR count). The number of aliphatic hydroxyl groups is 3. The highest BCUT2D eigenvalue weighted by Crippen LogP contribution is 2.59. The van der Waals surface area contributed by atoms with E-state index < -0.39 is 65.5 Å². The molecule has 0 amide bonds. The number of hydrogen-bond acceptors (Lipinski definition) is 11. The molecule has 2 bridgehead atoms. The number of methoxy groups -OCH3 is 2. The highest BCUT2D eigenvalue weighted by atomic mass is 16.9. The van der Waals surface area contributed by atoms with E-state index in [1.165, 1.54) is 5.57 Å². The molecule has 0 unspecified atom stereocenters. The Balaban J connectivity index is 1.25. The maximum absolute atomic E-state index is 12.2. The minimum absolute atomic E-state index is 0.0440. The number of aliphatic hydroxyl groups excluding tert-OH is 2. The summed E-state index contributed by atoms with van der Waals surface area (Å²) >= 11 is 0. The van der Waals surface area contributed by atoms with Gasteiger partial charge >= 0.3 is 0 Å². The van der Waals surface area contributed by atoms with Gasteiger partial charge in [0.05, 0.1) is 25.9 Å². The quantitative estimate of drug-likeness (QED) is 0.271. The third-order valence-electron chi connectivity index (χ3n) is 11.7. The molecule has 5 fully saturated rings. The Morgan fingerprint density at radius 1 is 1.07 bits per heavy atom. The predicted octanol–water partition coefficient (Wildman–Crippen LogP) is 2.21. The third kappa shape index (κ3) is 4.49. The monoisotopic (exact) mass is 622 g/mol. The Morgan fingerprint density at radius 2 is 1.82 bits per heavy atom. The number of rotatable bonds is 8. The standard InChI is InChI=1S/C33H50O11/c1-16(2)18-8-10-30(4)12-20-19(9-11-32(20,36)15-38-7)17(3)24(34)26(23(18)30)41-28-25(35)27-33(22(40-28)13-37-6)43-29(42-27)31(5,44-33)21-14-39-21/h12,16-17,19,21-22,24-29,34-36H,8-11,13-15H2,1-7H3/b20-12+/t17-,19+,21+,22-,24-,25-,26-,27-,28-,29+,30-,31+,32+,33-/m1/s1. The van der Waals surface area contributed by atoms with Crippen LogP contribution in [0.15, 0.2) is 22.8 Å². The Hall–Kier alpha value is -0.960. The number of epoxide rings is 1. The molecular weight excluding hydrogens is 572 g/mol. The molecule has 0 aromatic heterocycles. The first-order chi connectivity index (χ1) is 20.8. The van der Waals surface area contributed by atoms with Gasteiger partial charge in [0, 0.05) is 19.6 Å². The molecule has 3 N–H and O–H groups in total. The first-order valence-corrected chi connectivity index (χ1v) is 16.3. The van der Waals surface area contributed by atoms with Gasteiger partial charge in [-0.05, 0) is 61.5 Å². The Bertz CT molecular complexity index is 1200. The molecule has 0 aromatic rings. The van der Waals surface area contributed by atoms with E-state index in [2.05, 4.69) is 26.8 Å². The van der Waals surface area contributed by atoms with Gasteiger partial charge in [-0.1, -0.05) is 39.3 Å². The molecule has 7 aliphatic rings. The molecule has 1 spiro atoms. The van der Waals surface area contributed by atoms with Gasteiger partial charge in [0.25, 0.3) is 0 Å². The molecule has 4 heterocycles. The molecule has 11 heteroatoms. The third-order valence-corrected chi connectivity index (χ3v) is 11.7. The lowest BCUT2D eigenvalue weighted by Crippen LogP contribution is -2.70. The van der Waals surface area contributed by atoms with E-state index in [9.17, 15) is 15.3 Å². The molecule has 1 saturated carbocycles. The first kappa shape index (κ1) is 31.6. The molecule has 4 saturated heterocycles. The van der Waals surface area contributed by atoms with Crippen molar-refractivity contribution in [1.82, 2.24) is 0 Å². The largest absolute Gasteiger partial charge is 0.390 e. The van der Waals surface area contributed by atoms with Crippen LogP contribution in [0.1, 0.15) is 60.3 Å². The summed E-state index contributed by atoms with van der Waals surface area (Å²) in [5.41, 5.74) is 0.814. The number of hydrogen-bond donors (Lipinski definition) is 3. The van der Waals surface area contributed by atoms with Gasteiger partial charge in [-0.3, -0.25) is 0 Å². The highest BCUT2D eigenvalue weighted by Gasteiger charge is 2.77. The fourth-order valence-electron chi connectivity index (χ4n) is 9.18. The summed E-state index contributed by atoms with van der Waals surface area (Å²) in [5, 5.41) is 35.7. The summed E-state index contributed by atoms with van der Waals surface area (Å²) in [6, 6.07) is 0. The lowest BCUT2D eigenvalue weighted by Gasteiger charge is -2.50. The fraction of sp³-hybridized carbons (Fsp3) is 0.879. The van der Waals surface area contributed by atoms with Crippen LogP contribution in [0.3, 0.4) is 0 Å². The van der Waals surface area contributed by atoms with E-state index in [4.69, 9.17) is 37.9 Å². The van der Waals surface area contributed by atoms with Crippen LogP contribution in [-0.2, 0) is 37.9 Å². The number of allylic oxidation sites excluding steroid dienone is 2. The first-order valence-electron chi connectivity index (χ1n) is 16.3. The number of ether oxygens (including phenoxy) is 8. The summed E-state index contributed by atoms with van der Waals surface area (Å²) in [5.74, 6) is -1.45. The Kier molecular flexibility index (Phi) is 7.75. The summed E-state index contributed by atoms with van der Waals surface area (Å²) in [7, 11) is 3.19. The maximum Gasteiger partial charge on any atom is 0.230 e. The van der Waals surface area contributed by atoms with Crippen molar-refractivity contribution >= 4 is 0 Å². The smallest absolute Gasteiger partial charge is 0.230 e. The van der Waals surface area contributed by atoms with Crippen molar-refractivity contribution < 1.29 is 53.2 Å². The topological polar surface area (TPSA) is 138 Å². The minimum Gasteiger partial charge on any atom is -0.390 e. The molecule has 44 heavy (non-hydrogen) atoms. The molecule has 11 nitrogen and oxygen atoms in total. The van der Waals surface area contributed by atoms with Crippen molar-refractivity contribution in [3.8, 4) is 0 Å². The summed E-state index contributed by atoms with van der Waals surface area (Å²) < 4.78 is 49.0. The summed E-state index contributed by atoms with van der Waals surface area (Å²) in [4.78, 5) is 0. The van der Waals surface area contributed by atoms with Gasteiger partial charge in [-0.25, -0.2) is 0 Å². The van der Waals surface area contributed by atoms with Crippen LogP contribution >= 0.6 is 0 Å². The lowest BCUT2D eigenvalue weighted by molar-refractivity contribution is -0.385. The van der Waals surface area contributed by atoms with Crippen LogP contribution in [0.4, 0.5) is 0 Å². The maximum atomic E-state index is 12.2. The second kappa shape index (κ2) is 10.8. The Labute approximate surface area is 259 Å². The molecule has 3 aliphatic carbocycles. The van der Waals surface area contributed by atoms with E-state index in [1.54, 1.807) is 14.2 Å². The average molecular weight is 623 g/mol. The average Bonchev–Trinajstić information content (AvgIpc) is 3.48. The Morgan fingerprint density at radius 3 is 2.48 bits per heavy atom. The van der Waals surface area contributed by atoms with Gasteiger partial charge in [0.15, 0.2) is 12.6 Å². The van der Waals surface area contributed by atoms with Gasteiger partial charge in [-0.15, -0.1) is 0 Å². The normalized spacial score (nSPS) is 54.1. The number of fused-ring (bicyclic) bond motifs is 3. The minimum atomic E-state index is -1.38. The zero-order valence-corrected chi connectivity index (χ0v) is 27.0. The molecule has 0 aromatic carbocycles. The van der Waals surface area contributed by atoms with Crippen LogP contribution in [0.25, 0.3) is 0 Å². The zero-order chi connectivity index (χ0) is 31.4. The predicted molar refractivity (Wildman–Crippen MR) is 155 cm³/mol. The van der Waals surface area contributed by atoms with Crippen molar-refractivity contribution in [2.75, 3.05) is 34.0 Å². The van der Waals surface area contributed by atoms with E-state index in [0.717, 1.165) is 30.4 Å². The highest BCUT2D eigenvalue weighted by molar-refractivity contribution is 5.42. The molecular formula is C33H50O11. The van der Waals surface area contributed by atoms with Crippen molar-refractivity contribution in [3.63, 3.8) is 0 Å². The van der Waals surface area contributed by atoms with Gasteiger partial charge in [0.2, 0.25) is 5.79 Å². The summed E-state index contributed by atoms with van der Waals surface area (Å²) in [6.07, 6.45) is -1.41. The molecule has 14 atom stereocenters. The van der Waals surface area contributed by atoms with Crippen LogP contribution in [0.2, 0.25) is 0 Å². The van der Waals surface area contributed by atoms with Crippen molar-refractivity contribution in [2.24, 2.45) is 23.2 Å². The van der Waals surface area contributed by atoms with Crippen molar-refractivity contribution in [1.29, 1.82) is 0 Å². The van der Waals surface area contributed by atoms with Crippen LogP contribution in [0.5, 0.6) is 0 Å². The van der Waals surface area contributed by atoms with Gasteiger partial charge in [0.1, 0.15) is 41.7 Å². The molecule has 248 valence electrons. The summed E-state index contributed by atoms with van der Waals surface area (Å²) in [6.45, 7) is 11.3. The van der Waals surface area contributed by atoms with Crippen LogP contribution in [0, 0.1) is 23.2 Å². The fourth-order valence-corrected chi connectivity index (χ4v) is 9.18.